The van der Waals surface area contributed by atoms with Crippen molar-refractivity contribution in [1.82, 2.24) is 0 Å². The second-order valence-electron chi connectivity index (χ2n) is 6.28. The van der Waals surface area contributed by atoms with Crippen LogP contribution in [0.4, 0.5) is 0 Å². The second kappa shape index (κ2) is 6.11. The van der Waals surface area contributed by atoms with E-state index in [0.29, 0.717) is 0 Å². The van der Waals surface area contributed by atoms with Gasteiger partial charge in [-0.15, -0.1) is 0 Å². The summed E-state index contributed by atoms with van der Waals surface area (Å²) in [5.41, 5.74) is 6.30. The van der Waals surface area contributed by atoms with Crippen LogP contribution in [0.3, 0.4) is 0 Å². The third-order valence-electron chi connectivity index (χ3n) is 4.72. The predicted molar refractivity (Wildman–Crippen MR) is 97.2 cm³/mol. The van der Waals surface area contributed by atoms with E-state index in [2.05, 4.69) is 53.8 Å². The molecule has 1 aliphatic carbocycles. The van der Waals surface area contributed by atoms with Gasteiger partial charge in [0.1, 0.15) is 12.6 Å². The number of sulfonamides is 1. The molecule has 0 aliphatic heterocycles. The highest BCUT2D eigenvalue weighted by Gasteiger charge is 2.30. The first-order valence-electron chi connectivity index (χ1n) is 8.17. The Bertz CT molecular complexity index is 982. The molecule has 0 bridgehead atoms. The molecule has 0 amide bonds. The Balaban J connectivity index is 1.59. The van der Waals surface area contributed by atoms with Crippen LogP contribution < -0.4 is 10.5 Å². The molecule has 0 atom stereocenters. The lowest BCUT2D eigenvalue weighted by molar-refractivity contribution is -0.701. The molecule has 0 fully saturated rings. The van der Waals surface area contributed by atoms with Crippen molar-refractivity contribution < 1.29 is 13.7 Å². The van der Waals surface area contributed by atoms with Gasteiger partial charge in [-0.25, -0.2) is 13.6 Å². The van der Waals surface area contributed by atoms with Crippen LogP contribution in [-0.2, 0) is 16.6 Å². The molecule has 126 valence electrons. The zero-order chi connectivity index (χ0) is 17.4. The summed E-state index contributed by atoms with van der Waals surface area (Å²) in [6, 6.07) is 24.0. The lowest BCUT2D eigenvalue weighted by atomic mass is 10.0. The topological polar surface area (TPSA) is 76.8 Å². The van der Waals surface area contributed by atoms with E-state index in [1.165, 1.54) is 22.3 Å². The lowest BCUT2D eigenvalue weighted by Gasteiger charge is -2.12. The fourth-order valence-electron chi connectivity index (χ4n) is 3.52. The maximum absolute atomic E-state index is 11.4. The van der Waals surface area contributed by atoms with Gasteiger partial charge in [-0.2, -0.15) is 0 Å². The van der Waals surface area contributed by atoms with Crippen LogP contribution in [-0.4, -0.2) is 8.42 Å². The fraction of sp³-hybridized carbons (Fsp3) is 0.100. The Labute approximate surface area is 147 Å². The summed E-state index contributed by atoms with van der Waals surface area (Å²) < 4.78 is 22.7. The number of nitrogens with two attached hydrogens (primary N) is 2. The van der Waals surface area contributed by atoms with E-state index >= 15 is 0 Å². The number of rotatable bonds is 4. The summed E-state index contributed by atoms with van der Waals surface area (Å²) in [5.74, 6) is 0. The lowest BCUT2D eigenvalue weighted by Crippen LogP contribution is -2.83. The van der Waals surface area contributed by atoms with Gasteiger partial charge in [0, 0.05) is 16.7 Å². The number of fused-ring (bicyclic) bond motifs is 3. The second-order valence-corrected chi connectivity index (χ2v) is 7.84. The van der Waals surface area contributed by atoms with Crippen molar-refractivity contribution in [1.29, 1.82) is 0 Å². The van der Waals surface area contributed by atoms with E-state index < -0.39 is 10.0 Å². The minimum atomic E-state index is -3.64. The van der Waals surface area contributed by atoms with E-state index in [9.17, 15) is 8.42 Å². The van der Waals surface area contributed by atoms with Crippen molar-refractivity contribution in [2.45, 2.75) is 17.5 Å². The van der Waals surface area contributed by atoms with Crippen LogP contribution in [0.2, 0.25) is 0 Å². The van der Waals surface area contributed by atoms with Gasteiger partial charge in [0.2, 0.25) is 10.0 Å². The van der Waals surface area contributed by atoms with Gasteiger partial charge in [-0.05, 0) is 23.3 Å². The molecule has 4 nitrogen and oxygen atoms in total. The maximum Gasteiger partial charge on any atom is 0.238 e. The third-order valence-corrected chi connectivity index (χ3v) is 5.65. The van der Waals surface area contributed by atoms with Crippen LogP contribution in [0.1, 0.15) is 22.7 Å². The van der Waals surface area contributed by atoms with E-state index in [1.807, 2.05) is 12.1 Å². The molecule has 3 aromatic carbocycles. The Kier molecular flexibility index (Phi) is 3.92. The normalized spacial score (nSPS) is 13.5. The minimum Gasteiger partial charge on any atom is -0.332 e. The first kappa shape index (κ1) is 16.0. The van der Waals surface area contributed by atoms with Gasteiger partial charge in [0.25, 0.3) is 0 Å². The minimum absolute atomic E-state index is 0.146. The van der Waals surface area contributed by atoms with Crippen molar-refractivity contribution in [3.05, 3.63) is 89.5 Å². The summed E-state index contributed by atoms with van der Waals surface area (Å²) in [6.07, 6.45) is 0. The molecule has 0 aromatic heterocycles. The van der Waals surface area contributed by atoms with Crippen molar-refractivity contribution in [3.8, 4) is 11.1 Å². The Hall–Kier alpha value is -2.47. The number of hydrogen-bond donors (Lipinski definition) is 2. The van der Waals surface area contributed by atoms with Gasteiger partial charge in [-0.3, -0.25) is 0 Å². The first-order valence-corrected chi connectivity index (χ1v) is 9.72. The van der Waals surface area contributed by atoms with Crippen molar-refractivity contribution >= 4 is 10.0 Å². The average Bonchev–Trinajstić information content (AvgIpc) is 2.94. The Morgan fingerprint density at radius 2 is 1.32 bits per heavy atom. The molecular weight excluding hydrogens is 332 g/mol. The standard InChI is InChI=1S/C20H18N2O2S/c21-25(23,24)15-11-9-14(10-12-15)13-22-20-18-7-3-1-5-16(18)17-6-2-4-8-19(17)20/h1-12,20,22H,13H2,(H2,21,23,24)/p+1. The van der Waals surface area contributed by atoms with Gasteiger partial charge in [0.05, 0.1) is 4.90 Å². The van der Waals surface area contributed by atoms with Gasteiger partial charge in [-0.1, -0.05) is 60.7 Å². The van der Waals surface area contributed by atoms with Gasteiger partial charge in [0.15, 0.2) is 0 Å². The van der Waals surface area contributed by atoms with Crippen molar-refractivity contribution in [2.24, 2.45) is 5.14 Å². The van der Waals surface area contributed by atoms with E-state index in [4.69, 9.17) is 5.14 Å². The number of hydrogen-bond acceptors (Lipinski definition) is 2. The monoisotopic (exact) mass is 351 g/mol. The molecule has 0 saturated carbocycles. The van der Waals surface area contributed by atoms with Crippen LogP contribution in [0.5, 0.6) is 0 Å². The smallest absolute Gasteiger partial charge is 0.238 e. The van der Waals surface area contributed by atoms with E-state index in [1.54, 1.807) is 12.1 Å². The zero-order valence-electron chi connectivity index (χ0n) is 13.6. The molecule has 0 spiro atoms. The van der Waals surface area contributed by atoms with Crippen molar-refractivity contribution in [3.63, 3.8) is 0 Å². The SMILES string of the molecule is NS(=O)(=O)c1ccc(C[NH2+]C2c3ccccc3-c3ccccc32)cc1. The highest BCUT2D eigenvalue weighted by Crippen LogP contribution is 2.41. The fourth-order valence-corrected chi connectivity index (χ4v) is 4.03. The van der Waals surface area contributed by atoms with Crippen molar-refractivity contribution in [2.75, 3.05) is 0 Å². The quantitative estimate of drug-likeness (QED) is 0.756. The maximum atomic E-state index is 11.4. The number of quaternary nitrogens is 1. The van der Waals surface area contributed by atoms with Crippen LogP contribution in [0.25, 0.3) is 11.1 Å². The van der Waals surface area contributed by atoms with E-state index in [0.717, 1.165) is 12.1 Å². The zero-order valence-corrected chi connectivity index (χ0v) is 14.4. The largest absolute Gasteiger partial charge is 0.332 e. The van der Waals surface area contributed by atoms with Crippen LogP contribution >= 0.6 is 0 Å². The molecule has 5 heteroatoms. The molecule has 0 radical (unpaired) electrons. The summed E-state index contributed by atoms with van der Waals surface area (Å²) in [4.78, 5) is 0.146. The number of primary sulfonamides is 1. The van der Waals surface area contributed by atoms with Crippen LogP contribution in [0.15, 0.2) is 77.7 Å². The summed E-state index contributed by atoms with van der Waals surface area (Å²) in [5, 5.41) is 7.44. The average molecular weight is 351 g/mol. The Morgan fingerprint density at radius 3 is 1.84 bits per heavy atom. The van der Waals surface area contributed by atoms with Gasteiger partial charge >= 0.3 is 0 Å². The molecule has 25 heavy (non-hydrogen) atoms. The highest BCUT2D eigenvalue weighted by atomic mass is 32.2. The predicted octanol–water partition coefficient (Wildman–Crippen LogP) is 2.17. The molecule has 3 aromatic rings. The van der Waals surface area contributed by atoms with Gasteiger partial charge < -0.3 is 5.32 Å². The molecule has 0 heterocycles. The summed E-state index contributed by atoms with van der Waals surface area (Å²) in [7, 11) is -3.64. The molecular formula is C20H19N2O2S+. The number of benzene rings is 3. The highest BCUT2D eigenvalue weighted by molar-refractivity contribution is 7.89. The summed E-state index contributed by atoms with van der Waals surface area (Å²) >= 11 is 0. The summed E-state index contributed by atoms with van der Waals surface area (Å²) in [6.45, 7) is 0.762. The molecule has 1 aliphatic rings. The molecule has 4 N–H and O–H groups in total. The molecule has 0 saturated heterocycles. The van der Waals surface area contributed by atoms with Crippen LogP contribution in [0, 0.1) is 0 Å². The third kappa shape index (κ3) is 2.98. The first-order chi connectivity index (χ1) is 12.0. The molecule has 4 rings (SSSR count). The molecule has 0 unspecified atom stereocenters. The Morgan fingerprint density at radius 1 is 0.800 bits per heavy atom. The van der Waals surface area contributed by atoms with E-state index in [-0.39, 0.29) is 10.9 Å².